The van der Waals surface area contributed by atoms with Gasteiger partial charge in [0.2, 0.25) is 10.0 Å². The molecular formula is C16H20ClN3O4S. The lowest BCUT2D eigenvalue weighted by Gasteiger charge is -2.31. The van der Waals surface area contributed by atoms with Gasteiger partial charge < -0.3 is 9.47 Å². The van der Waals surface area contributed by atoms with Crippen LogP contribution in [0.1, 0.15) is 24.5 Å². The Morgan fingerprint density at radius 2 is 2.24 bits per heavy atom. The van der Waals surface area contributed by atoms with Gasteiger partial charge in [-0.05, 0) is 25.0 Å². The van der Waals surface area contributed by atoms with Crippen LogP contribution in [0.15, 0.2) is 35.5 Å². The lowest BCUT2D eigenvalue weighted by atomic mass is 9.99. The van der Waals surface area contributed by atoms with Crippen LogP contribution in [-0.2, 0) is 21.8 Å². The third-order valence-corrected chi connectivity index (χ3v) is 6.08. The zero-order chi connectivity index (χ0) is 18.0. The molecule has 1 saturated heterocycles. The largest absolute Gasteiger partial charge is 0.497 e. The molecule has 0 aliphatic carbocycles. The number of benzene rings is 1. The van der Waals surface area contributed by atoms with Crippen molar-refractivity contribution in [3.05, 3.63) is 41.2 Å². The molecule has 0 unspecified atom stereocenters. The fraction of sp³-hybridized carbons (Fsp3) is 0.438. The predicted octanol–water partition coefficient (Wildman–Crippen LogP) is 2.28. The van der Waals surface area contributed by atoms with Crippen molar-refractivity contribution in [3.63, 3.8) is 0 Å². The third kappa shape index (κ3) is 3.98. The van der Waals surface area contributed by atoms with Gasteiger partial charge in [-0.3, -0.25) is 4.68 Å². The molecule has 136 valence electrons. The summed E-state index contributed by atoms with van der Waals surface area (Å²) in [6.07, 6.45) is 4.57. The number of nitrogens with one attached hydrogen (secondary N) is 1. The number of hydrogen-bond donors (Lipinski definition) is 1. The number of sulfonamides is 1. The van der Waals surface area contributed by atoms with Crippen molar-refractivity contribution < 1.29 is 17.9 Å². The third-order valence-electron chi connectivity index (χ3n) is 4.11. The van der Waals surface area contributed by atoms with Crippen LogP contribution >= 0.6 is 11.6 Å². The summed E-state index contributed by atoms with van der Waals surface area (Å²) < 4.78 is 41.0. The van der Waals surface area contributed by atoms with Gasteiger partial charge in [-0.1, -0.05) is 11.6 Å². The number of ether oxygens (including phenoxy) is 2. The van der Waals surface area contributed by atoms with Crippen molar-refractivity contribution >= 4 is 21.6 Å². The van der Waals surface area contributed by atoms with Gasteiger partial charge in [-0.25, -0.2) is 13.1 Å². The van der Waals surface area contributed by atoms with Gasteiger partial charge in [0.15, 0.2) is 0 Å². The van der Waals surface area contributed by atoms with Crippen molar-refractivity contribution in [3.8, 4) is 5.75 Å². The Bertz CT molecular complexity index is 853. The zero-order valence-corrected chi connectivity index (χ0v) is 15.5. The highest BCUT2D eigenvalue weighted by Gasteiger charge is 2.33. The van der Waals surface area contributed by atoms with Crippen molar-refractivity contribution in [1.82, 2.24) is 14.5 Å². The molecule has 0 radical (unpaired) electrons. The maximum absolute atomic E-state index is 12.8. The van der Waals surface area contributed by atoms with Gasteiger partial charge in [0.05, 0.1) is 24.4 Å². The molecule has 0 saturated carbocycles. The van der Waals surface area contributed by atoms with E-state index in [0.29, 0.717) is 18.8 Å². The van der Waals surface area contributed by atoms with E-state index in [1.807, 2.05) is 13.2 Å². The number of methoxy groups -OCH3 is 1. The molecule has 1 aromatic heterocycles. The van der Waals surface area contributed by atoms with E-state index in [9.17, 15) is 8.42 Å². The highest BCUT2D eigenvalue weighted by molar-refractivity contribution is 7.89. The Kier molecular flexibility index (Phi) is 5.33. The molecule has 3 rings (SSSR count). The Hall–Kier alpha value is -1.61. The molecule has 0 amide bonds. The van der Waals surface area contributed by atoms with Crippen LogP contribution < -0.4 is 9.46 Å². The summed E-state index contributed by atoms with van der Waals surface area (Å²) in [7, 11) is -0.547. The van der Waals surface area contributed by atoms with Crippen LogP contribution in [0.5, 0.6) is 5.75 Å². The molecule has 9 heteroatoms. The summed E-state index contributed by atoms with van der Waals surface area (Å²) in [4.78, 5) is -0.0102. The number of aryl methyl sites for hydroxylation is 1. The molecule has 1 aliphatic rings. The summed E-state index contributed by atoms with van der Waals surface area (Å²) in [6, 6.07) is 4.13. The average molecular weight is 386 g/mol. The van der Waals surface area contributed by atoms with E-state index in [2.05, 4.69) is 9.82 Å². The van der Waals surface area contributed by atoms with E-state index in [1.165, 1.54) is 19.2 Å². The Labute approximate surface area is 151 Å². The van der Waals surface area contributed by atoms with Crippen LogP contribution in [0.2, 0.25) is 5.02 Å². The van der Waals surface area contributed by atoms with Gasteiger partial charge in [-0.2, -0.15) is 5.10 Å². The first kappa shape index (κ1) is 18.2. The minimum atomic E-state index is -3.83. The first-order valence-electron chi connectivity index (χ1n) is 7.87. The molecule has 7 nitrogen and oxygen atoms in total. The van der Waals surface area contributed by atoms with Crippen molar-refractivity contribution in [2.45, 2.75) is 29.9 Å². The summed E-state index contributed by atoms with van der Waals surface area (Å²) in [5.74, 6) is 0.425. The van der Waals surface area contributed by atoms with Crippen LogP contribution in [0.25, 0.3) is 0 Å². The van der Waals surface area contributed by atoms with E-state index in [0.717, 1.165) is 12.0 Å². The van der Waals surface area contributed by atoms with Crippen LogP contribution in [-0.4, -0.2) is 38.0 Å². The molecule has 1 aromatic carbocycles. The smallest absolute Gasteiger partial charge is 0.242 e. The van der Waals surface area contributed by atoms with Gasteiger partial charge in [0, 0.05) is 31.5 Å². The summed E-state index contributed by atoms with van der Waals surface area (Å²) in [6.45, 7) is 0.581. The fourth-order valence-electron chi connectivity index (χ4n) is 2.90. The lowest BCUT2D eigenvalue weighted by molar-refractivity contribution is -0.00446. The summed E-state index contributed by atoms with van der Waals surface area (Å²) >= 11 is 6.09. The van der Waals surface area contributed by atoms with Gasteiger partial charge >= 0.3 is 0 Å². The zero-order valence-electron chi connectivity index (χ0n) is 14.0. The van der Waals surface area contributed by atoms with E-state index in [4.69, 9.17) is 21.1 Å². The van der Waals surface area contributed by atoms with Gasteiger partial charge in [0.1, 0.15) is 16.7 Å². The number of rotatable bonds is 5. The normalized spacial score (nSPS) is 21.2. The van der Waals surface area contributed by atoms with Crippen molar-refractivity contribution in [2.75, 3.05) is 13.7 Å². The second-order valence-electron chi connectivity index (χ2n) is 5.91. The monoisotopic (exact) mass is 385 g/mol. The van der Waals surface area contributed by atoms with Crippen LogP contribution in [0.3, 0.4) is 0 Å². The minimum Gasteiger partial charge on any atom is -0.497 e. The van der Waals surface area contributed by atoms with Gasteiger partial charge in [-0.15, -0.1) is 0 Å². The maximum atomic E-state index is 12.8. The molecule has 1 fully saturated rings. The molecular weight excluding hydrogens is 366 g/mol. The Morgan fingerprint density at radius 1 is 1.44 bits per heavy atom. The first-order valence-corrected chi connectivity index (χ1v) is 9.73. The highest BCUT2D eigenvalue weighted by atomic mass is 35.5. The van der Waals surface area contributed by atoms with Crippen LogP contribution in [0.4, 0.5) is 0 Å². The van der Waals surface area contributed by atoms with E-state index < -0.39 is 16.1 Å². The molecule has 0 bridgehead atoms. The molecule has 0 spiro atoms. The Morgan fingerprint density at radius 3 is 2.92 bits per heavy atom. The molecule has 25 heavy (non-hydrogen) atoms. The van der Waals surface area contributed by atoms with E-state index in [-0.39, 0.29) is 16.0 Å². The van der Waals surface area contributed by atoms with Crippen molar-refractivity contribution in [1.29, 1.82) is 0 Å². The molecule has 2 aromatic rings. The second-order valence-corrected chi connectivity index (χ2v) is 7.99. The maximum Gasteiger partial charge on any atom is 0.242 e. The van der Waals surface area contributed by atoms with Gasteiger partial charge in [0.25, 0.3) is 0 Å². The molecule has 2 heterocycles. The first-order chi connectivity index (χ1) is 11.9. The summed E-state index contributed by atoms with van der Waals surface area (Å²) in [5, 5.41) is 4.28. The standard InChI is InChI=1S/C16H20ClN3O4S/c1-20-10-11(9-18-20)16-14(4-3-7-24-16)19-25(21,22)15-8-12(23-2)5-6-13(15)17/h5-6,8-10,14,16,19H,3-4,7H2,1-2H3/t14-,16+/m0/s1. The van der Waals surface area contributed by atoms with E-state index in [1.54, 1.807) is 16.9 Å². The quantitative estimate of drug-likeness (QED) is 0.853. The fourth-order valence-corrected chi connectivity index (χ4v) is 4.68. The number of halogens is 1. The molecule has 2 atom stereocenters. The number of hydrogen-bond acceptors (Lipinski definition) is 5. The average Bonchev–Trinajstić information content (AvgIpc) is 3.01. The summed E-state index contributed by atoms with van der Waals surface area (Å²) in [5.41, 5.74) is 0.839. The molecule has 1 aliphatic heterocycles. The van der Waals surface area contributed by atoms with Crippen molar-refractivity contribution in [2.24, 2.45) is 7.05 Å². The Balaban J connectivity index is 1.88. The number of aromatic nitrogens is 2. The predicted molar refractivity (Wildman–Crippen MR) is 93.2 cm³/mol. The lowest BCUT2D eigenvalue weighted by Crippen LogP contribution is -2.42. The topological polar surface area (TPSA) is 82.5 Å². The SMILES string of the molecule is COc1ccc(Cl)c(S(=O)(=O)N[C@H]2CCCO[C@@H]2c2cnn(C)c2)c1. The van der Waals surface area contributed by atoms with Crippen LogP contribution in [0, 0.1) is 0 Å². The van der Waals surface area contributed by atoms with E-state index >= 15 is 0 Å². The highest BCUT2D eigenvalue weighted by Crippen LogP contribution is 2.31. The molecule has 1 N–H and O–H groups in total. The number of nitrogens with zero attached hydrogens (tertiary/aromatic N) is 2. The second kappa shape index (κ2) is 7.33. The minimum absolute atomic E-state index is 0.0102.